The zero-order valence-corrected chi connectivity index (χ0v) is 27.6. The van der Waals surface area contributed by atoms with Gasteiger partial charge in [-0.1, -0.05) is 89.2 Å². The van der Waals surface area contributed by atoms with Gasteiger partial charge in [-0.2, -0.15) is 0 Å². The van der Waals surface area contributed by atoms with Crippen molar-refractivity contribution < 1.29 is 0 Å². The number of nitrogens with one attached hydrogen (secondary N) is 2. The average molecular weight is 594 g/mol. The van der Waals surface area contributed by atoms with Crippen molar-refractivity contribution in [1.82, 2.24) is 15.5 Å². The molecule has 43 heavy (non-hydrogen) atoms. The summed E-state index contributed by atoms with van der Waals surface area (Å²) in [7, 11) is 0. The van der Waals surface area contributed by atoms with E-state index in [-0.39, 0.29) is 0 Å². The number of unbranched alkanes of at least 4 members (excludes halogenated alkanes) is 10. The van der Waals surface area contributed by atoms with E-state index in [4.69, 9.17) is 16.5 Å². The van der Waals surface area contributed by atoms with Gasteiger partial charge in [0.05, 0.1) is 23.8 Å². The average Bonchev–Trinajstić information content (AvgIpc) is 3.48. The van der Waals surface area contributed by atoms with Crippen molar-refractivity contribution in [2.75, 3.05) is 57.3 Å². The van der Waals surface area contributed by atoms with Crippen molar-refractivity contribution in [3.8, 4) is 0 Å². The predicted molar refractivity (Wildman–Crippen MR) is 190 cm³/mol. The first-order valence-corrected chi connectivity index (χ1v) is 17.4. The van der Waals surface area contributed by atoms with Gasteiger partial charge in [-0.3, -0.25) is 9.98 Å². The fourth-order valence-corrected chi connectivity index (χ4v) is 5.30. The Morgan fingerprint density at radius 2 is 1.58 bits per heavy atom. The van der Waals surface area contributed by atoms with Crippen LogP contribution in [-0.2, 0) is 0 Å². The normalized spacial score (nSPS) is 14.0. The first-order valence-electron chi connectivity index (χ1n) is 17.4. The highest BCUT2D eigenvalue weighted by molar-refractivity contribution is 6.05. The maximum absolute atomic E-state index is 6.22. The van der Waals surface area contributed by atoms with Crippen LogP contribution in [0.3, 0.4) is 0 Å². The van der Waals surface area contributed by atoms with E-state index in [0.29, 0.717) is 11.4 Å². The Bertz CT molecular complexity index is 966. The summed E-state index contributed by atoms with van der Waals surface area (Å²) in [5.74, 6) is 2.14. The SMILES string of the molecule is CCCCC/C=C/C/C=C/CCCCCCCCCC(=NCCC)NCCNCCN1CCN=C1c1cccc(N)c1N. The number of aliphatic imine (C=N–C) groups is 2. The van der Waals surface area contributed by atoms with Crippen LogP contribution < -0.4 is 22.1 Å². The monoisotopic (exact) mass is 594 g/mol. The van der Waals surface area contributed by atoms with Gasteiger partial charge in [0, 0.05) is 51.3 Å². The second-order valence-corrected chi connectivity index (χ2v) is 11.7. The standard InChI is InChI=1S/C36H63N7/c1-3-5-6-7-8-9-10-11-12-13-14-15-16-17-18-19-20-24-34(40-25-4-2)41-27-26-39-28-30-43-31-29-42-36(43)32-22-21-23-33(37)35(32)38/h8-9,11-12,21-23,39H,3-7,10,13-20,24-31,37-38H2,1-2H3,(H,40,41)/b9-8+,12-11+. The highest BCUT2D eigenvalue weighted by Gasteiger charge is 2.20. The van der Waals surface area contributed by atoms with Crippen LogP contribution in [0.1, 0.15) is 116 Å². The van der Waals surface area contributed by atoms with Gasteiger partial charge >= 0.3 is 0 Å². The van der Waals surface area contributed by atoms with Crippen molar-refractivity contribution in [3.05, 3.63) is 48.1 Å². The number of nitrogen functional groups attached to an aromatic ring is 2. The number of benzene rings is 1. The minimum absolute atomic E-state index is 0.614. The molecule has 0 bridgehead atoms. The lowest BCUT2D eigenvalue weighted by Crippen LogP contribution is -2.38. The van der Waals surface area contributed by atoms with Crippen molar-refractivity contribution in [1.29, 1.82) is 0 Å². The maximum Gasteiger partial charge on any atom is 0.133 e. The Labute approximate surface area is 263 Å². The molecule has 7 heteroatoms. The third-order valence-corrected chi connectivity index (χ3v) is 7.89. The summed E-state index contributed by atoms with van der Waals surface area (Å²) in [4.78, 5) is 11.8. The summed E-state index contributed by atoms with van der Waals surface area (Å²) in [6.07, 6.45) is 28.3. The number of hydrogen-bond donors (Lipinski definition) is 4. The second kappa shape index (κ2) is 24.6. The molecule has 0 radical (unpaired) electrons. The summed E-state index contributed by atoms with van der Waals surface area (Å²) in [6, 6.07) is 5.79. The summed E-state index contributed by atoms with van der Waals surface area (Å²) in [5.41, 5.74) is 14.4. The van der Waals surface area contributed by atoms with Gasteiger partial charge in [0.15, 0.2) is 0 Å². The molecule has 1 heterocycles. The number of hydrogen-bond acceptors (Lipinski definition) is 6. The van der Waals surface area contributed by atoms with Crippen LogP contribution in [0.25, 0.3) is 0 Å². The Morgan fingerprint density at radius 3 is 2.33 bits per heavy atom. The number of anilines is 2. The molecule has 0 atom stereocenters. The van der Waals surface area contributed by atoms with Gasteiger partial charge in [-0.25, -0.2) is 0 Å². The van der Waals surface area contributed by atoms with Crippen LogP contribution in [0.2, 0.25) is 0 Å². The molecule has 0 spiro atoms. The summed E-state index contributed by atoms with van der Waals surface area (Å²) in [6.45, 7) is 10.7. The van der Waals surface area contributed by atoms with E-state index in [9.17, 15) is 0 Å². The van der Waals surface area contributed by atoms with E-state index >= 15 is 0 Å². The maximum atomic E-state index is 6.22. The molecular formula is C36H63N7. The third kappa shape index (κ3) is 16.6. The first kappa shape index (κ1) is 36.4. The number of allylic oxidation sites excluding steroid dienone is 4. The molecule has 1 aliphatic heterocycles. The molecule has 6 N–H and O–H groups in total. The zero-order valence-electron chi connectivity index (χ0n) is 27.6. The van der Waals surface area contributed by atoms with E-state index < -0.39 is 0 Å². The van der Waals surface area contributed by atoms with Crippen molar-refractivity contribution >= 4 is 23.0 Å². The Morgan fingerprint density at radius 1 is 0.860 bits per heavy atom. The lowest BCUT2D eigenvalue weighted by atomic mass is 10.1. The van der Waals surface area contributed by atoms with Crippen LogP contribution in [0.4, 0.5) is 11.4 Å². The summed E-state index contributed by atoms with van der Waals surface area (Å²) < 4.78 is 0. The quantitative estimate of drug-likeness (QED) is 0.0309. The molecule has 0 aromatic heterocycles. The largest absolute Gasteiger partial charge is 0.397 e. The van der Waals surface area contributed by atoms with E-state index in [2.05, 4.69) is 58.7 Å². The van der Waals surface area contributed by atoms with E-state index in [1.54, 1.807) is 0 Å². The molecule has 0 fully saturated rings. The topological polar surface area (TPSA) is 104 Å². The summed E-state index contributed by atoms with van der Waals surface area (Å²) in [5, 5.41) is 7.17. The number of nitrogens with two attached hydrogens (primary N) is 2. The third-order valence-electron chi connectivity index (χ3n) is 7.89. The van der Waals surface area contributed by atoms with Crippen molar-refractivity contribution in [3.63, 3.8) is 0 Å². The highest BCUT2D eigenvalue weighted by Crippen LogP contribution is 2.23. The first-order chi connectivity index (χ1) is 21.2. The fraction of sp³-hybridized carbons (Fsp3) is 0.667. The molecule has 2 rings (SSSR count). The van der Waals surface area contributed by atoms with E-state index in [1.165, 1.54) is 82.9 Å². The molecule has 0 amide bonds. The van der Waals surface area contributed by atoms with Gasteiger partial charge < -0.3 is 27.0 Å². The predicted octanol–water partition coefficient (Wildman–Crippen LogP) is 7.49. The van der Waals surface area contributed by atoms with Crippen LogP contribution in [0, 0.1) is 0 Å². The lowest BCUT2D eigenvalue weighted by Gasteiger charge is -2.22. The van der Waals surface area contributed by atoms with Gasteiger partial charge in [0.1, 0.15) is 5.84 Å². The minimum Gasteiger partial charge on any atom is -0.397 e. The molecule has 0 unspecified atom stereocenters. The van der Waals surface area contributed by atoms with Crippen molar-refractivity contribution in [2.24, 2.45) is 9.98 Å². The van der Waals surface area contributed by atoms with Crippen molar-refractivity contribution in [2.45, 2.75) is 110 Å². The number of para-hydroxylation sites is 1. The number of rotatable bonds is 25. The minimum atomic E-state index is 0.614. The van der Waals surface area contributed by atoms with Crippen LogP contribution >= 0.6 is 0 Å². The Balaban J connectivity index is 1.48. The molecule has 1 aliphatic rings. The molecule has 1 aromatic rings. The van der Waals surface area contributed by atoms with E-state index in [0.717, 1.165) is 76.5 Å². The van der Waals surface area contributed by atoms with Crippen LogP contribution in [0.5, 0.6) is 0 Å². The van der Waals surface area contributed by atoms with Gasteiger partial charge in [0.25, 0.3) is 0 Å². The van der Waals surface area contributed by atoms with Gasteiger partial charge in [-0.05, 0) is 57.1 Å². The number of nitrogens with zero attached hydrogens (tertiary/aromatic N) is 3. The molecule has 0 saturated carbocycles. The molecule has 0 aliphatic carbocycles. The fourth-order valence-electron chi connectivity index (χ4n) is 5.30. The van der Waals surface area contributed by atoms with Gasteiger partial charge in [0.2, 0.25) is 0 Å². The number of amidine groups is 2. The molecule has 7 nitrogen and oxygen atoms in total. The van der Waals surface area contributed by atoms with Gasteiger partial charge in [-0.15, -0.1) is 0 Å². The van der Waals surface area contributed by atoms with E-state index in [1.807, 2.05) is 18.2 Å². The molecular weight excluding hydrogens is 530 g/mol. The zero-order chi connectivity index (χ0) is 30.8. The van der Waals surface area contributed by atoms with Crippen LogP contribution in [-0.4, -0.2) is 62.4 Å². The Hall–Kier alpha value is -2.80. The lowest BCUT2D eigenvalue weighted by molar-refractivity contribution is 0.444. The highest BCUT2D eigenvalue weighted by atomic mass is 15.2. The molecule has 1 aromatic carbocycles. The Kier molecular flexibility index (Phi) is 20.8. The molecule has 242 valence electrons. The second-order valence-electron chi connectivity index (χ2n) is 11.7. The van der Waals surface area contributed by atoms with Crippen LogP contribution in [0.15, 0.2) is 52.5 Å². The molecule has 0 saturated heterocycles. The summed E-state index contributed by atoms with van der Waals surface area (Å²) >= 11 is 0. The smallest absolute Gasteiger partial charge is 0.133 e.